The number of ether oxygens (including phenoxy) is 1. The van der Waals surface area contributed by atoms with Crippen LogP contribution in [-0.4, -0.2) is 13.2 Å². The fourth-order valence-corrected chi connectivity index (χ4v) is 3.70. The standard InChI is InChI=1S/C19H31NO/c1-14(15-9-8-10-16(13-15)21-5)20-18-12-7-6-11-17(18)19(2,3)4/h8-10,13-14,17-18,20H,6-7,11-12H2,1-5H3. The SMILES string of the molecule is COc1cccc(C(C)NC2CCCCC2C(C)(C)C)c1. The molecule has 1 aromatic rings. The zero-order valence-electron chi connectivity index (χ0n) is 14.3. The molecule has 3 atom stereocenters. The van der Waals surface area contributed by atoms with Gasteiger partial charge < -0.3 is 10.1 Å². The smallest absolute Gasteiger partial charge is 0.119 e. The van der Waals surface area contributed by atoms with Gasteiger partial charge in [-0.25, -0.2) is 0 Å². The zero-order valence-corrected chi connectivity index (χ0v) is 14.3. The Morgan fingerprint density at radius 1 is 1.19 bits per heavy atom. The van der Waals surface area contributed by atoms with Gasteiger partial charge >= 0.3 is 0 Å². The molecule has 0 heterocycles. The van der Waals surface area contributed by atoms with Gasteiger partial charge in [0.25, 0.3) is 0 Å². The van der Waals surface area contributed by atoms with Gasteiger partial charge in [0, 0.05) is 12.1 Å². The molecule has 1 aromatic carbocycles. The summed E-state index contributed by atoms with van der Waals surface area (Å²) in [6, 6.07) is 9.42. The Balaban J connectivity index is 2.07. The minimum absolute atomic E-state index is 0.369. The highest BCUT2D eigenvalue weighted by Crippen LogP contribution is 2.38. The maximum atomic E-state index is 5.34. The number of rotatable bonds is 4. The van der Waals surface area contributed by atoms with Crippen molar-refractivity contribution in [2.75, 3.05) is 7.11 Å². The first kappa shape index (κ1) is 16.4. The van der Waals surface area contributed by atoms with Crippen LogP contribution in [0.4, 0.5) is 0 Å². The number of hydrogen-bond donors (Lipinski definition) is 1. The number of methoxy groups -OCH3 is 1. The van der Waals surface area contributed by atoms with Crippen LogP contribution in [0.2, 0.25) is 0 Å². The van der Waals surface area contributed by atoms with E-state index in [1.54, 1.807) is 7.11 Å². The molecule has 118 valence electrons. The molecule has 0 saturated heterocycles. The molecule has 0 amide bonds. The maximum absolute atomic E-state index is 5.34. The molecule has 3 unspecified atom stereocenters. The molecule has 1 fully saturated rings. The molecular formula is C19H31NO. The molecule has 0 radical (unpaired) electrons. The highest BCUT2D eigenvalue weighted by Gasteiger charge is 2.34. The topological polar surface area (TPSA) is 21.3 Å². The average Bonchev–Trinajstić information content (AvgIpc) is 2.46. The molecular weight excluding hydrogens is 258 g/mol. The van der Waals surface area contributed by atoms with Gasteiger partial charge in [0.05, 0.1) is 7.11 Å². The summed E-state index contributed by atoms with van der Waals surface area (Å²) in [6.07, 6.45) is 5.39. The van der Waals surface area contributed by atoms with Crippen molar-refractivity contribution >= 4 is 0 Å². The summed E-state index contributed by atoms with van der Waals surface area (Å²) in [6.45, 7) is 9.42. The molecule has 1 N–H and O–H groups in total. The van der Waals surface area contributed by atoms with Gasteiger partial charge in [-0.3, -0.25) is 0 Å². The van der Waals surface area contributed by atoms with Gasteiger partial charge in [0.1, 0.15) is 5.75 Å². The summed E-state index contributed by atoms with van der Waals surface area (Å²) in [5.74, 6) is 1.71. The van der Waals surface area contributed by atoms with E-state index in [4.69, 9.17) is 4.74 Å². The lowest BCUT2D eigenvalue weighted by Gasteiger charge is -2.42. The van der Waals surface area contributed by atoms with Gasteiger partial charge in [-0.2, -0.15) is 0 Å². The van der Waals surface area contributed by atoms with Crippen LogP contribution >= 0.6 is 0 Å². The normalized spacial score (nSPS) is 24.6. The Morgan fingerprint density at radius 3 is 2.57 bits per heavy atom. The van der Waals surface area contributed by atoms with Crippen LogP contribution in [0.15, 0.2) is 24.3 Å². The quantitative estimate of drug-likeness (QED) is 0.846. The second-order valence-corrected chi connectivity index (χ2v) is 7.53. The van der Waals surface area contributed by atoms with E-state index in [9.17, 15) is 0 Å². The lowest BCUT2D eigenvalue weighted by Crippen LogP contribution is -2.45. The molecule has 0 bridgehead atoms. The summed E-state index contributed by atoms with van der Waals surface area (Å²) in [5, 5.41) is 3.89. The van der Waals surface area contributed by atoms with E-state index in [0.717, 1.165) is 11.7 Å². The first-order chi connectivity index (χ1) is 9.91. The van der Waals surface area contributed by atoms with Crippen LogP contribution in [0.25, 0.3) is 0 Å². The largest absolute Gasteiger partial charge is 0.497 e. The van der Waals surface area contributed by atoms with Gasteiger partial charge in [-0.15, -0.1) is 0 Å². The van der Waals surface area contributed by atoms with Crippen LogP contribution in [-0.2, 0) is 0 Å². The minimum atomic E-state index is 0.369. The van der Waals surface area contributed by atoms with Gasteiger partial charge in [0.2, 0.25) is 0 Å². The maximum Gasteiger partial charge on any atom is 0.119 e. The van der Waals surface area contributed by atoms with E-state index in [1.807, 2.05) is 6.07 Å². The average molecular weight is 289 g/mol. The van der Waals surface area contributed by atoms with E-state index in [2.05, 4.69) is 51.2 Å². The molecule has 21 heavy (non-hydrogen) atoms. The third-order valence-electron chi connectivity index (χ3n) is 4.94. The van der Waals surface area contributed by atoms with Crippen molar-refractivity contribution in [2.24, 2.45) is 11.3 Å². The first-order valence-corrected chi connectivity index (χ1v) is 8.32. The molecule has 1 saturated carbocycles. The predicted octanol–water partition coefficient (Wildman–Crippen LogP) is 4.95. The monoisotopic (exact) mass is 289 g/mol. The molecule has 0 aromatic heterocycles. The lowest BCUT2D eigenvalue weighted by molar-refractivity contribution is 0.124. The summed E-state index contributed by atoms with van der Waals surface area (Å²) in [7, 11) is 1.73. The Hall–Kier alpha value is -1.02. The summed E-state index contributed by atoms with van der Waals surface area (Å²) in [4.78, 5) is 0. The zero-order chi connectivity index (χ0) is 15.5. The third-order valence-corrected chi connectivity index (χ3v) is 4.94. The predicted molar refractivity (Wildman–Crippen MR) is 89.7 cm³/mol. The van der Waals surface area contributed by atoms with Crippen LogP contribution in [0.3, 0.4) is 0 Å². The minimum Gasteiger partial charge on any atom is -0.497 e. The van der Waals surface area contributed by atoms with Crippen molar-refractivity contribution in [3.8, 4) is 5.75 Å². The summed E-state index contributed by atoms with van der Waals surface area (Å²) < 4.78 is 5.34. The van der Waals surface area contributed by atoms with Crippen LogP contribution in [0.5, 0.6) is 5.75 Å². The number of benzene rings is 1. The van der Waals surface area contributed by atoms with E-state index in [0.29, 0.717) is 17.5 Å². The van der Waals surface area contributed by atoms with E-state index >= 15 is 0 Å². The van der Waals surface area contributed by atoms with E-state index in [1.165, 1.54) is 31.2 Å². The van der Waals surface area contributed by atoms with Gasteiger partial charge in [-0.1, -0.05) is 45.7 Å². The van der Waals surface area contributed by atoms with Crippen molar-refractivity contribution in [3.63, 3.8) is 0 Å². The lowest BCUT2D eigenvalue weighted by atomic mass is 9.69. The number of hydrogen-bond acceptors (Lipinski definition) is 2. The Kier molecular flexibility index (Phi) is 5.32. The van der Waals surface area contributed by atoms with Crippen molar-refractivity contribution in [2.45, 2.75) is 65.5 Å². The van der Waals surface area contributed by atoms with Crippen LogP contribution in [0, 0.1) is 11.3 Å². The highest BCUT2D eigenvalue weighted by molar-refractivity contribution is 5.30. The fraction of sp³-hybridized carbons (Fsp3) is 0.684. The molecule has 2 heteroatoms. The fourth-order valence-electron chi connectivity index (χ4n) is 3.70. The second-order valence-electron chi connectivity index (χ2n) is 7.53. The van der Waals surface area contributed by atoms with Gasteiger partial charge in [0.15, 0.2) is 0 Å². The first-order valence-electron chi connectivity index (χ1n) is 8.32. The third kappa shape index (κ3) is 4.23. The molecule has 1 aliphatic carbocycles. The van der Waals surface area contributed by atoms with Crippen LogP contribution in [0.1, 0.15) is 65.0 Å². The molecule has 1 aliphatic rings. The highest BCUT2D eigenvalue weighted by atomic mass is 16.5. The Bertz CT molecular complexity index is 449. The molecule has 2 rings (SSSR count). The Morgan fingerprint density at radius 2 is 1.90 bits per heavy atom. The van der Waals surface area contributed by atoms with Crippen LogP contribution < -0.4 is 10.1 Å². The molecule has 0 spiro atoms. The van der Waals surface area contributed by atoms with Gasteiger partial charge in [-0.05, 0) is 48.8 Å². The second kappa shape index (κ2) is 6.83. The van der Waals surface area contributed by atoms with E-state index < -0.39 is 0 Å². The van der Waals surface area contributed by atoms with Crippen molar-refractivity contribution in [1.29, 1.82) is 0 Å². The Labute approximate surface area is 130 Å². The number of nitrogens with one attached hydrogen (secondary N) is 1. The van der Waals surface area contributed by atoms with Crippen molar-refractivity contribution in [3.05, 3.63) is 29.8 Å². The summed E-state index contributed by atoms with van der Waals surface area (Å²) >= 11 is 0. The van der Waals surface area contributed by atoms with Crippen molar-refractivity contribution < 1.29 is 4.74 Å². The molecule has 0 aliphatic heterocycles. The van der Waals surface area contributed by atoms with Crippen molar-refractivity contribution in [1.82, 2.24) is 5.32 Å². The summed E-state index contributed by atoms with van der Waals surface area (Å²) in [5.41, 5.74) is 1.69. The molecule has 2 nitrogen and oxygen atoms in total. The van der Waals surface area contributed by atoms with E-state index in [-0.39, 0.29) is 0 Å².